The Morgan fingerprint density at radius 2 is 2.26 bits per heavy atom. The Kier molecular flexibility index (Phi) is 3.05. The van der Waals surface area contributed by atoms with Crippen molar-refractivity contribution in [2.24, 2.45) is 0 Å². The summed E-state index contributed by atoms with van der Waals surface area (Å²) in [4.78, 5) is 15.5. The SMILES string of the molecule is CC(Oc1cccc(Cl)c1)c1nc2ncncc2[nH]1. The molecule has 96 valence electrons. The minimum absolute atomic E-state index is 0.229. The zero-order valence-corrected chi connectivity index (χ0v) is 10.9. The highest BCUT2D eigenvalue weighted by molar-refractivity contribution is 6.30. The number of halogens is 1. The summed E-state index contributed by atoms with van der Waals surface area (Å²) < 4.78 is 5.78. The first-order valence-corrected chi connectivity index (χ1v) is 6.18. The van der Waals surface area contributed by atoms with Crippen molar-refractivity contribution in [3.8, 4) is 5.75 Å². The molecule has 1 atom stereocenters. The minimum atomic E-state index is -0.229. The van der Waals surface area contributed by atoms with Crippen LogP contribution >= 0.6 is 11.6 Å². The first kappa shape index (κ1) is 11.9. The largest absolute Gasteiger partial charge is 0.483 e. The Hall–Kier alpha value is -2.14. The van der Waals surface area contributed by atoms with Crippen LogP contribution in [0, 0.1) is 0 Å². The quantitative estimate of drug-likeness (QED) is 0.797. The van der Waals surface area contributed by atoms with Crippen LogP contribution in [0.3, 0.4) is 0 Å². The van der Waals surface area contributed by atoms with Crippen molar-refractivity contribution in [1.29, 1.82) is 0 Å². The second-order valence-corrected chi connectivity index (χ2v) is 4.54. The molecule has 2 aromatic heterocycles. The van der Waals surface area contributed by atoms with Crippen molar-refractivity contribution in [3.63, 3.8) is 0 Å². The number of aromatic amines is 1. The molecule has 0 aliphatic heterocycles. The fourth-order valence-electron chi connectivity index (χ4n) is 1.77. The number of nitrogens with zero attached hydrogens (tertiary/aromatic N) is 3. The molecule has 0 bridgehead atoms. The first-order valence-electron chi connectivity index (χ1n) is 5.80. The van der Waals surface area contributed by atoms with Gasteiger partial charge in [0.05, 0.1) is 6.20 Å². The number of hydrogen-bond donors (Lipinski definition) is 1. The molecule has 1 N–H and O–H groups in total. The van der Waals surface area contributed by atoms with E-state index in [2.05, 4.69) is 19.9 Å². The van der Waals surface area contributed by atoms with Gasteiger partial charge < -0.3 is 9.72 Å². The van der Waals surface area contributed by atoms with Crippen molar-refractivity contribution in [2.75, 3.05) is 0 Å². The van der Waals surface area contributed by atoms with Crippen molar-refractivity contribution in [2.45, 2.75) is 13.0 Å². The van der Waals surface area contributed by atoms with Crippen LogP contribution in [0.15, 0.2) is 36.8 Å². The molecule has 0 radical (unpaired) electrons. The molecule has 3 aromatic rings. The van der Waals surface area contributed by atoms with Gasteiger partial charge in [0.2, 0.25) is 0 Å². The number of rotatable bonds is 3. The average molecular weight is 275 g/mol. The summed E-state index contributed by atoms with van der Waals surface area (Å²) in [6.07, 6.45) is 2.92. The number of imidazole rings is 1. The highest BCUT2D eigenvalue weighted by atomic mass is 35.5. The van der Waals surface area contributed by atoms with Crippen LogP contribution in [0.4, 0.5) is 0 Å². The fraction of sp³-hybridized carbons (Fsp3) is 0.154. The van der Waals surface area contributed by atoms with Gasteiger partial charge in [-0.3, -0.25) is 0 Å². The van der Waals surface area contributed by atoms with Crippen LogP contribution < -0.4 is 4.74 Å². The fourth-order valence-corrected chi connectivity index (χ4v) is 1.95. The second-order valence-electron chi connectivity index (χ2n) is 4.10. The molecule has 0 spiro atoms. The standard InChI is InChI=1S/C13H11ClN4O/c1-8(19-10-4-2-3-9(14)5-10)12-17-11-6-15-7-16-13(11)18-12/h2-8H,1H3,(H,15,16,17,18). The van der Waals surface area contributed by atoms with Crippen LogP contribution in [0.5, 0.6) is 5.75 Å². The molecule has 0 amide bonds. The van der Waals surface area contributed by atoms with Gasteiger partial charge in [-0.25, -0.2) is 15.0 Å². The Labute approximate surface area is 114 Å². The summed E-state index contributed by atoms with van der Waals surface area (Å²) in [5.41, 5.74) is 1.42. The predicted octanol–water partition coefficient (Wildman–Crippen LogP) is 3.15. The number of nitrogens with one attached hydrogen (secondary N) is 1. The number of aromatic nitrogens is 4. The minimum Gasteiger partial charge on any atom is -0.483 e. The van der Waals surface area contributed by atoms with Gasteiger partial charge in [-0.15, -0.1) is 0 Å². The number of ether oxygens (including phenoxy) is 1. The van der Waals surface area contributed by atoms with Crippen LogP contribution in [0.1, 0.15) is 18.9 Å². The van der Waals surface area contributed by atoms with Crippen LogP contribution in [-0.2, 0) is 0 Å². The lowest BCUT2D eigenvalue weighted by Crippen LogP contribution is -2.04. The van der Waals surface area contributed by atoms with Gasteiger partial charge in [-0.1, -0.05) is 17.7 Å². The second kappa shape index (κ2) is 4.85. The molecule has 0 saturated carbocycles. The van der Waals surface area contributed by atoms with Crippen molar-refractivity contribution in [1.82, 2.24) is 19.9 Å². The van der Waals surface area contributed by atoms with Crippen LogP contribution in [0.2, 0.25) is 5.02 Å². The Balaban J connectivity index is 1.85. The lowest BCUT2D eigenvalue weighted by molar-refractivity contribution is 0.218. The third-order valence-electron chi connectivity index (χ3n) is 2.67. The van der Waals surface area contributed by atoms with Crippen LogP contribution in [0.25, 0.3) is 11.2 Å². The molecule has 1 aromatic carbocycles. The first-order chi connectivity index (χ1) is 9.22. The monoisotopic (exact) mass is 274 g/mol. The topological polar surface area (TPSA) is 63.7 Å². The Morgan fingerprint density at radius 1 is 1.37 bits per heavy atom. The van der Waals surface area contributed by atoms with Crippen molar-refractivity contribution < 1.29 is 4.74 Å². The molecule has 6 heteroatoms. The molecule has 2 heterocycles. The van der Waals surface area contributed by atoms with E-state index < -0.39 is 0 Å². The van der Waals surface area contributed by atoms with E-state index in [0.717, 1.165) is 5.52 Å². The number of fused-ring (bicyclic) bond motifs is 1. The summed E-state index contributed by atoms with van der Waals surface area (Å²) in [6.45, 7) is 1.91. The van der Waals surface area contributed by atoms with E-state index in [1.54, 1.807) is 18.3 Å². The lowest BCUT2D eigenvalue weighted by Gasteiger charge is -2.12. The zero-order valence-electron chi connectivity index (χ0n) is 10.2. The molecular formula is C13H11ClN4O. The lowest BCUT2D eigenvalue weighted by atomic mass is 10.3. The molecular weight excluding hydrogens is 264 g/mol. The maximum Gasteiger partial charge on any atom is 0.180 e. The van der Waals surface area contributed by atoms with Crippen molar-refractivity contribution >= 4 is 22.8 Å². The van der Waals surface area contributed by atoms with Gasteiger partial charge in [0.1, 0.15) is 23.4 Å². The maximum atomic E-state index is 5.92. The third kappa shape index (κ3) is 2.51. The van der Waals surface area contributed by atoms with E-state index in [4.69, 9.17) is 16.3 Å². The van der Waals surface area contributed by atoms with Crippen LogP contribution in [-0.4, -0.2) is 19.9 Å². The van der Waals surface area contributed by atoms with Gasteiger partial charge in [0.25, 0.3) is 0 Å². The summed E-state index contributed by atoms with van der Waals surface area (Å²) in [5.74, 6) is 1.40. The summed E-state index contributed by atoms with van der Waals surface area (Å²) in [7, 11) is 0. The Morgan fingerprint density at radius 3 is 3.05 bits per heavy atom. The molecule has 3 rings (SSSR count). The molecule has 0 fully saturated rings. The van der Waals surface area contributed by atoms with E-state index in [-0.39, 0.29) is 6.10 Å². The smallest absolute Gasteiger partial charge is 0.180 e. The third-order valence-corrected chi connectivity index (χ3v) is 2.91. The van der Waals surface area contributed by atoms with Gasteiger partial charge in [-0.2, -0.15) is 0 Å². The van der Waals surface area contributed by atoms with E-state index >= 15 is 0 Å². The summed E-state index contributed by atoms with van der Waals surface area (Å²) in [6, 6.07) is 7.26. The Bertz CT molecular complexity index is 679. The van der Waals surface area contributed by atoms with E-state index in [1.807, 2.05) is 19.1 Å². The molecule has 19 heavy (non-hydrogen) atoms. The summed E-state index contributed by atoms with van der Waals surface area (Å²) >= 11 is 5.92. The molecule has 1 unspecified atom stereocenters. The highest BCUT2D eigenvalue weighted by Gasteiger charge is 2.13. The van der Waals surface area contributed by atoms with E-state index in [9.17, 15) is 0 Å². The number of hydrogen-bond acceptors (Lipinski definition) is 4. The van der Waals surface area contributed by atoms with Gasteiger partial charge >= 0.3 is 0 Å². The molecule has 0 aliphatic carbocycles. The average Bonchev–Trinajstić information content (AvgIpc) is 2.82. The molecule has 0 aliphatic rings. The van der Waals surface area contributed by atoms with Gasteiger partial charge in [0.15, 0.2) is 11.8 Å². The number of H-pyrrole nitrogens is 1. The van der Waals surface area contributed by atoms with Gasteiger partial charge in [-0.05, 0) is 25.1 Å². The predicted molar refractivity (Wildman–Crippen MR) is 72.2 cm³/mol. The number of benzene rings is 1. The van der Waals surface area contributed by atoms with E-state index in [1.165, 1.54) is 6.33 Å². The normalized spacial score (nSPS) is 12.5. The highest BCUT2D eigenvalue weighted by Crippen LogP contribution is 2.23. The van der Waals surface area contributed by atoms with Gasteiger partial charge in [0, 0.05) is 5.02 Å². The molecule has 5 nitrogen and oxygen atoms in total. The molecule has 0 saturated heterocycles. The van der Waals surface area contributed by atoms with E-state index in [0.29, 0.717) is 22.2 Å². The maximum absolute atomic E-state index is 5.92. The zero-order chi connectivity index (χ0) is 13.2. The van der Waals surface area contributed by atoms with Crippen molar-refractivity contribution in [3.05, 3.63) is 47.6 Å². The summed E-state index contributed by atoms with van der Waals surface area (Å²) in [5, 5.41) is 0.639.